The van der Waals surface area contributed by atoms with Gasteiger partial charge in [0.1, 0.15) is 0 Å². The molecule has 0 saturated heterocycles. The molecular weight excluding hydrogens is 238 g/mol. The minimum atomic E-state index is -0.414. The number of aliphatic hydroxyl groups excluding tert-OH is 1. The quantitative estimate of drug-likeness (QED) is 0.794. The molecule has 2 N–H and O–H groups in total. The van der Waals surface area contributed by atoms with E-state index in [1.165, 1.54) is 0 Å². The summed E-state index contributed by atoms with van der Waals surface area (Å²) in [5.74, 6) is 0.247. The molecule has 0 heterocycles. The van der Waals surface area contributed by atoms with Crippen LogP contribution in [0.5, 0.6) is 0 Å². The predicted molar refractivity (Wildman–Crippen MR) is 69.2 cm³/mol. The largest absolute Gasteiger partial charge is 0.396 e. The van der Waals surface area contributed by atoms with Gasteiger partial charge < -0.3 is 10.4 Å². The Bertz CT molecular complexity index is 391. The topological polar surface area (TPSA) is 49.3 Å². The first-order valence-corrected chi connectivity index (χ1v) is 6.10. The van der Waals surface area contributed by atoms with Crippen molar-refractivity contribution in [3.63, 3.8) is 0 Å². The monoisotopic (exact) mass is 255 g/mol. The highest BCUT2D eigenvalue weighted by molar-refractivity contribution is 6.17. The molecule has 17 heavy (non-hydrogen) atoms. The van der Waals surface area contributed by atoms with Crippen molar-refractivity contribution >= 4 is 17.5 Å². The van der Waals surface area contributed by atoms with Crippen LogP contribution in [0.3, 0.4) is 0 Å². The number of aliphatic hydroxyl groups is 1. The van der Waals surface area contributed by atoms with Gasteiger partial charge in [0.05, 0.1) is 0 Å². The van der Waals surface area contributed by atoms with Crippen LogP contribution in [-0.4, -0.2) is 23.2 Å². The zero-order chi connectivity index (χ0) is 12.9. The zero-order valence-electron chi connectivity index (χ0n) is 10.2. The van der Waals surface area contributed by atoms with Gasteiger partial charge in [0, 0.05) is 23.6 Å². The summed E-state index contributed by atoms with van der Waals surface area (Å²) in [6.07, 6.45) is 0.522. The Morgan fingerprint density at radius 1 is 1.47 bits per heavy atom. The Hall–Kier alpha value is -1.06. The van der Waals surface area contributed by atoms with Crippen molar-refractivity contribution < 1.29 is 9.90 Å². The van der Waals surface area contributed by atoms with Gasteiger partial charge in [-0.05, 0) is 38.0 Å². The minimum absolute atomic E-state index is 0.0506. The summed E-state index contributed by atoms with van der Waals surface area (Å²) in [4.78, 5) is 12.0. The van der Waals surface area contributed by atoms with Crippen LogP contribution in [0.25, 0.3) is 0 Å². The molecule has 0 bridgehead atoms. The van der Waals surface area contributed by atoms with Crippen LogP contribution in [0.15, 0.2) is 24.3 Å². The van der Waals surface area contributed by atoms with Crippen LogP contribution in [0.2, 0.25) is 0 Å². The Morgan fingerprint density at radius 2 is 2.18 bits per heavy atom. The van der Waals surface area contributed by atoms with Gasteiger partial charge >= 0.3 is 0 Å². The molecule has 1 aromatic carbocycles. The highest BCUT2D eigenvalue weighted by Gasteiger charge is 2.20. The number of carbonyl (C=O) groups excluding carboxylic acids is 1. The lowest BCUT2D eigenvalue weighted by atomic mass is 10.0. The second-order valence-corrected chi connectivity index (χ2v) is 4.91. The van der Waals surface area contributed by atoms with Crippen molar-refractivity contribution in [2.24, 2.45) is 0 Å². The molecule has 94 valence electrons. The van der Waals surface area contributed by atoms with E-state index >= 15 is 0 Å². The average Bonchev–Trinajstić information content (AvgIpc) is 2.28. The van der Waals surface area contributed by atoms with Gasteiger partial charge in [-0.15, -0.1) is 11.6 Å². The van der Waals surface area contributed by atoms with Gasteiger partial charge in [-0.25, -0.2) is 0 Å². The maximum absolute atomic E-state index is 12.0. The maximum Gasteiger partial charge on any atom is 0.251 e. The molecule has 0 fully saturated rings. The fourth-order valence-electron chi connectivity index (χ4n) is 1.52. The lowest BCUT2D eigenvalue weighted by Crippen LogP contribution is -2.44. The summed E-state index contributed by atoms with van der Waals surface area (Å²) < 4.78 is 0. The number of carbonyl (C=O) groups is 1. The van der Waals surface area contributed by atoms with Crippen LogP contribution in [0, 0.1) is 0 Å². The fourth-order valence-corrected chi connectivity index (χ4v) is 1.68. The van der Waals surface area contributed by atoms with Crippen LogP contribution in [0.1, 0.15) is 36.2 Å². The Kier molecular flexibility index (Phi) is 4.97. The summed E-state index contributed by atoms with van der Waals surface area (Å²) in [5.41, 5.74) is 1.09. The second kappa shape index (κ2) is 6.03. The highest BCUT2D eigenvalue weighted by Crippen LogP contribution is 2.12. The van der Waals surface area contributed by atoms with E-state index in [0.29, 0.717) is 17.9 Å². The third-order valence-corrected chi connectivity index (χ3v) is 2.84. The van der Waals surface area contributed by atoms with Crippen molar-refractivity contribution in [1.29, 1.82) is 0 Å². The standard InChI is InChI=1S/C13H18ClNO2/c1-13(2,6-7-16)15-12(17)11-5-3-4-10(8-11)9-14/h3-5,8,16H,6-7,9H2,1-2H3,(H,15,17). The van der Waals surface area contributed by atoms with Gasteiger partial charge in [-0.2, -0.15) is 0 Å². The Balaban J connectivity index is 2.75. The number of amides is 1. The first-order chi connectivity index (χ1) is 7.98. The van der Waals surface area contributed by atoms with Crippen LogP contribution in [-0.2, 0) is 5.88 Å². The van der Waals surface area contributed by atoms with E-state index in [1.807, 2.05) is 26.0 Å². The van der Waals surface area contributed by atoms with Gasteiger partial charge in [0.15, 0.2) is 0 Å². The molecule has 0 aliphatic rings. The van der Waals surface area contributed by atoms with E-state index in [1.54, 1.807) is 12.1 Å². The van der Waals surface area contributed by atoms with Crippen molar-refractivity contribution in [2.75, 3.05) is 6.61 Å². The molecule has 0 saturated carbocycles. The molecule has 0 atom stereocenters. The Labute approximate surface area is 107 Å². The van der Waals surface area contributed by atoms with E-state index in [0.717, 1.165) is 5.56 Å². The number of halogens is 1. The van der Waals surface area contributed by atoms with E-state index in [-0.39, 0.29) is 12.5 Å². The number of nitrogens with one attached hydrogen (secondary N) is 1. The summed E-state index contributed by atoms with van der Waals surface area (Å²) in [6, 6.07) is 7.21. The van der Waals surface area contributed by atoms with Crippen molar-refractivity contribution in [3.05, 3.63) is 35.4 Å². The lowest BCUT2D eigenvalue weighted by Gasteiger charge is -2.25. The van der Waals surface area contributed by atoms with E-state index in [2.05, 4.69) is 5.32 Å². The normalized spacial score (nSPS) is 11.3. The molecule has 0 aliphatic carbocycles. The SMILES string of the molecule is CC(C)(CCO)NC(=O)c1cccc(CCl)c1. The number of hydrogen-bond donors (Lipinski definition) is 2. The van der Waals surface area contributed by atoms with Gasteiger partial charge in [0.25, 0.3) is 5.91 Å². The zero-order valence-corrected chi connectivity index (χ0v) is 10.9. The van der Waals surface area contributed by atoms with Crippen LogP contribution >= 0.6 is 11.6 Å². The average molecular weight is 256 g/mol. The van der Waals surface area contributed by atoms with Crippen molar-refractivity contribution in [1.82, 2.24) is 5.32 Å². The molecule has 0 radical (unpaired) electrons. The third-order valence-electron chi connectivity index (χ3n) is 2.53. The van der Waals surface area contributed by atoms with Crippen LogP contribution < -0.4 is 5.32 Å². The summed E-state index contributed by atoms with van der Waals surface area (Å²) >= 11 is 5.72. The third kappa shape index (κ3) is 4.36. The van der Waals surface area contributed by atoms with Gasteiger partial charge in [-0.3, -0.25) is 4.79 Å². The van der Waals surface area contributed by atoms with Gasteiger partial charge in [-0.1, -0.05) is 12.1 Å². The predicted octanol–water partition coefficient (Wildman–Crippen LogP) is 2.32. The van der Waals surface area contributed by atoms with E-state index < -0.39 is 5.54 Å². The number of hydrogen-bond acceptors (Lipinski definition) is 2. The molecule has 4 heteroatoms. The number of benzene rings is 1. The first-order valence-electron chi connectivity index (χ1n) is 5.57. The molecule has 0 aliphatic heterocycles. The van der Waals surface area contributed by atoms with Crippen molar-refractivity contribution in [2.45, 2.75) is 31.7 Å². The summed E-state index contributed by atoms with van der Waals surface area (Å²) in [6.45, 7) is 3.81. The first kappa shape index (κ1) is 14.0. The molecule has 0 unspecified atom stereocenters. The molecular formula is C13H18ClNO2. The number of alkyl halides is 1. The van der Waals surface area contributed by atoms with Crippen LogP contribution in [0.4, 0.5) is 0 Å². The van der Waals surface area contributed by atoms with Gasteiger partial charge in [0.2, 0.25) is 0 Å². The maximum atomic E-state index is 12.0. The molecule has 1 aromatic rings. The van der Waals surface area contributed by atoms with Crippen molar-refractivity contribution in [3.8, 4) is 0 Å². The molecule has 3 nitrogen and oxygen atoms in total. The number of rotatable bonds is 5. The van der Waals surface area contributed by atoms with E-state index in [4.69, 9.17) is 16.7 Å². The van der Waals surface area contributed by atoms with E-state index in [9.17, 15) is 4.79 Å². The lowest BCUT2D eigenvalue weighted by molar-refractivity contribution is 0.0899. The summed E-state index contributed by atoms with van der Waals surface area (Å²) in [7, 11) is 0. The molecule has 0 aromatic heterocycles. The summed E-state index contributed by atoms with van der Waals surface area (Å²) in [5, 5.41) is 11.8. The fraction of sp³-hybridized carbons (Fsp3) is 0.462. The molecule has 1 rings (SSSR count). The second-order valence-electron chi connectivity index (χ2n) is 4.65. The molecule has 1 amide bonds. The smallest absolute Gasteiger partial charge is 0.251 e. The highest BCUT2D eigenvalue weighted by atomic mass is 35.5. The molecule has 0 spiro atoms. The Morgan fingerprint density at radius 3 is 2.76 bits per heavy atom. The minimum Gasteiger partial charge on any atom is -0.396 e.